The lowest BCUT2D eigenvalue weighted by Gasteiger charge is -2.16. The molecule has 88 heavy (non-hydrogen) atoms. The summed E-state index contributed by atoms with van der Waals surface area (Å²) in [5.41, 5.74) is 1.65. The number of nitrogens with one attached hydrogen (secondary N) is 5. The van der Waals surface area contributed by atoms with E-state index in [2.05, 4.69) is 23.6 Å². The molecular weight excluding hydrogens is 1270 g/mol. The number of rotatable bonds is 19. The highest BCUT2D eigenvalue weighted by Gasteiger charge is 2.33. The van der Waals surface area contributed by atoms with Gasteiger partial charge in [0.05, 0.1) is 41.5 Å². The number of aromatic hydroxyl groups is 3. The molecule has 8 aromatic carbocycles. The second-order valence-electron chi connectivity index (χ2n) is 19.2. The van der Waals surface area contributed by atoms with Crippen molar-refractivity contribution in [2.75, 3.05) is 23.6 Å². The van der Waals surface area contributed by atoms with Gasteiger partial charge < -0.3 is 24.8 Å². The van der Waals surface area contributed by atoms with Gasteiger partial charge >= 0.3 is 12.7 Å². The molecule has 31 heteroatoms. The van der Waals surface area contributed by atoms with Crippen molar-refractivity contribution in [2.45, 2.75) is 83.7 Å². The minimum atomic E-state index is -5.01. The molecule has 0 unspecified atom stereocenters. The van der Waals surface area contributed by atoms with Crippen molar-refractivity contribution in [3.63, 3.8) is 0 Å². The van der Waals surface area contributed by atoms with Crippen LogP contribution in [0.5, 0.6) is 28.7 Å². The zero-order valence-electron chi connectivity index (χ0n) is 46.5. The summed E-state index contributed by atoms with van der Waals surface area (Å²) in [5.74, 6) is -2.14. The third kappa shape index (κ3) is 19.0. The Hall–Kier alpha value is -8.91. The van der Waals surface area contributed by atoms with Gasteiger partial charge in [-0.25, -0.2) is 42.1 Å². The predicted molar refractivity (Wildman–Crippen MR) is 317 cm³/mol. The normalized spacial score (nSPS) is 12.1. The summed E-state index contributed by atoms with van der Waals surface area (Å²) in [6.07, 6.45) is -10.0. The SMILES string of the molecule is CC(C)c1ccc(S(=O)(=O)Nc2cccc(O)c2NS(=O)(=O)c2ccc(C(C)C)cc2)cc1.Cc1ccc(S(=O)(=O)Nc2ccccc2O)cc1.O=S(=O)(Nc1cccc(O)c1NS(=O)(=O)c1ccc(OC(F)(F)F)cc1)c1ccc(OC(F)(F)F)cc1. The highest BCUT2D eigenvalue weighted by atomic mass is 32.2. The van der Waals surface area contributed by atoms with Crippen LogP contribution in [0.1, 0.15) is 56.2 Å². The third-order valence-corrected chi connectivity index (χ3v) is 18.9. The fourth-order valence-electron chi connectivity index (χ4n) is 7.44. The lowest BCUT2D eigenvalue weighted by atomic mass is 10.0. The number of alkyl halides is 6. The maximum Gasteiger partial charge on any atom is 0.573 e. The Morgan fingerprint density at radius 1 is 0.341 bits per heavy atom. The van der Waals surface area contributed by atoms with E-state index in [9.17, 15) is 83.8 Å². The van der Waals surface area contributed by atoms with Gasteiger partial charge in [-0.15, -0.1) is 26.3 Å². The minimum absolute atomic E-state index is 0.00626. The molecule has 0 saturated carbocycles. The molecule has 470 valence electrons. The van der Waals surface area contributed by atoms with Crippen molar-refractivity contribution in [1.29, 1.82) is 0 Å². The Labute approximate surface area is 503 Å². The smallest absolute Gasteiger partial charge is 0.506 e. The topological polar surface area (TPSA) is 310 Å². The molecule has 0 heterocycles. The third-order valence-electron chi connectivity index (χ3n) is 12.0. The number of sulfonamides is 5. The fourth-order valence-corrected chi connectivity index (χ4v) is 12.9. The van der Waals surface area contributed by atoms with E-state index in [1.165, 1.54) is 66.7 Å². The quantitative estimate of drug-likeness (QED) is 0.0276. The molecule has 0 aliphatic heterocycles. The fraction of sp³-hybridized carbons (Fsp3) is 0.158. The molecule has 0 radical (unpaired) electrons. The Balaban J connectivity index is 0.000000222. The number of phenolic OH excluding ortho intramolecular Hbond substituents is 3. The number of hydrogen-bond donors (Lipinski definition) is 8. The highest BCUT2D eigenvalue weighted by Crippen LogP contribution is 2.38. The lowest BCUT2D eigenvalue weighted by molar-refractivity contribution is -0.275. The van der Waals surface area contributed by atoms with Gasteiger partial charge in [0.15, 0.2) is 0 Å². The largest absolute Gasteiger partial charge is 0.573 e. The summed E-state index contributed by atoms with van der Waals surface area (Å²) in [5, 5.41) is 30.0. The summed E-state index contributed by atoms with van der Waals surface area (Å²) in [6, 6.07) is 38.9. The van der Waals surface area contributed by atoms with Gasteiger partial charge in [-0.05, 0) is 151 Å². The van der Waals surface area contributed by atoms with Crippen LogP contribution in [0.25, 0.3) is 0 Å². The van der Waals surface area contributed by atoms with E-state index in [1.807, 2.05) is 44.1 Å². The standard InChI is InChI=1S/C24H28N2O5S2.C20H14F6N2O7S2.C13H13NO3S/c1-16(2)18-8-12-20(13-9-18)32(28,29)25-22-6-5-7-23(27)24(22)26-33(30,31)21-14-10-19(11-15-21)17(3)4;21-19(22,23)34-12-4-8-14(9-5-12)36(30,31)27-16-2-1-3-17(29)18(16)28-37(32,33)15-10-6-13(7-11-15)35-20(24,25)26;1-10-6-8-11(9-7-10)18(16,17)14-12-4-2-3-5-13(12)15/h5-17,25-27H,1-4H3;1-11,27-29H;2-9,14-15H,1H3. The Bertz CT molecular complexity index is 4320. The molecule has 0 amide bonds. The molecule has 0 fully saturated rings. The van der Waals surface area contributed by atoms with Gasteiger partial charge in [0.25, 0.3) is 50.1 Å². The van der Waals surface area contributed by atoms with E-state index in [-0.39, 0.29) is 49.3 Å². The number of ether oxygens (including phenoxy) is 2. The molecule has 0 aliphatic rings. The number of hydrogen-bond acceptors (Lipinski definition) is 15. The molecule has 0 spiro atoms. The van der Waals surface area contributed by atoms with Crippen LogP contribution < -0.4 is 33.1 Å². The maximum absolute atomic E-state index is 12.9. The minimum Gasteiger partial charge on any atom is -0.506 e. The van der Waals surface area contributed by atoms with Crippen LogP contribution in [0, 0.1) is 6.92 Å². The van der Waals surface area contributed by atoms with E-state index in [1.54, 1.807) is 48.5 Å². The van der Waals surface area contributed by atoms with Crippen LogP contribution >= 0.6 is 0 Å². The predicted octanol–water partition coefficient (Wildman–Crippen LogP) is 12.5. The van der Waals surface area contributed by atoms with Gasteiger partial charge in [0, 0.05) is 0 Å². The van der Waals surface area contributed by atoms with Crippen LogP contribution in [-0.2, 0) is 50.1 Å². The van der Waals surface area contributed by atoms with E-state index < -0.39 is 107 Å². The van der Waals surface area contributed by atoms with Gasteiger partial charge in [-0.3, -0.25) is 23.6 Å². The van der Waals surface area contributed by atoms with Gasteiger partial charge in [-0.1, -0.05) is 93.9 Å². The summed E-state index contributed by atoms with van der Waals surface area (Å²) < 4.78 is 219. The maximum atomic E-state index is 12.9. The van der Waals surface area contributed by atoms with E-state index in [0.29, 0.717) is 0 Å². The molecule has 0 atom stereocenters. The lowest BCUT2D eigenvalue weighted by Crippen LogP contribution is -2.19. The molecule has 0 bridgehead atoms. The average molecular weight is 1320 g/mol. The Morgan fingerprint density at radius 3 is 0.909 bits per heavy atom. The first-order valence-corrected chi connectivity index (χ1v) is 32.8. The first-order chi connectivity index (χ1) is 40.8. The molecule has 0 aromatic heterocycles. The molecule has 8 N–H and O–H groups in total. The van der Waals surface area contributed by atoms with Crippen LogP contribution in [0.2, 0.25) is 0 Å². The Kier molecular flexibility index (Phi) is 21.3. The van der Waals surface area contributed by atoms with E-state index >= 15 is 0 Å². The van der Waals surface area contributed by atoms with Crippen LogP contribution in [-0.4, -0.2) is 70.1 Å². The van der Waals surface area contributed by atoms with E-state index in [4.69, 9.17) is 0 Å². The van der Waals surface area contributed by atoms with Crippen LogP contribution in [0.3, 0.4) is 0 Å². The number of phenols is 3. The van der Waals surface area contributed by atoms with Crippen molar-refractivity contribution in [2.24, 2.45) is 0 Å². The zero-order valence-corrected chi connectivity index (χ0v) is 50.6. The number of para-hydroxylation sites is 4. The number of anilines is 5. The molecule has 0 saturated heterocycles. The molecule has 20 nitrogen and oxygen atoms in total. The summed E-state index contributed by atoms with van der Waals surface area (Å²) in [6.45, 7) is 9.89. The Morgan fingerprint density at radius 2 is 0.602 bits per heavy atom. The summed E-state index contributed by atoms with van der Waals surface area (Å²) >= 11 is 0. The van der Waals surface area contributed by atoms with E-state index in [0.717, 1.165) is 83.4 Å². The summed E-state index contributed by atoms with van der Waals surface area (Å²) in [4.78, 5) is -0.906. The molecule has 8 rings (SSSR count). The van der Waals surface area contributed by atoms with Crippen LogP contribution in [0.4, 0.5) is 54.8 Å². The van der Waals surface area contributed by atoms with Crippen molar-refractivity contribution in [3.05, 3.63) is 199 Å². The first kappa shape index (κ1) is 68.2. The second kappa shape index (κ2) is 27.4. The highest BCUT2D eigenvalue weighted by molar-refractivity contribution is 7.94. The second-order valence-corrected chi connectivity index (χ2v) is 27.7. The molecule has 0 aliphatic carbocycles. The van der Waals surface area contributed by atoms with Gasteiger partial charge in [0.1, 0.15) is 40.1 Å². The number of halogens is 6. The van der Waals surface area contributed by atoms with Crippen molar-refractivity contribution >= 4 is 78.6 Å². The molecular formula is C57H55F6N5O15S5. The number of benzene rings is 8. The first-order valence-electron chi connectivity index (χ1n) is 25.4. The number of aryl methyl sites for hydroxylation is 1. The van der Waals surface area contributed by atoms with Gasteiger partial charge in [0.2, 0.25) is 0 Å². The van der Waals surface area contributed by atoms with Crippen LogP contribution in [0.15, 0.2) is 206 Å². The monoisotopic (exact) mass is 1320 g/mol. The van der Waals surface area contributed by atoms with Crippen molar-refractivity contribution in [1.82, 2.24) is 0 Å². The average Bonchev–Trinajstić information content (AvgIpc) is 1.83. The van der Waals surface area contributed by atoms with Gasteiger partial charge in [-0.2, -0.15) is 0 Å². The molecule has 8 aromatic rings. The van der Waals surface area contributed by atoms with Crippen molar-refractivity contribution in [3.8, 4) is 28.7 Å². The van der Waals surface area contributed by atoms with Crippen molar-refractivity contribution < 1.29 is 93.2 Å². The summed E-state index contributed by atoms with van der Waals surface area (Å²) in [7, 11) is -20.8. The zero-order chi connectivity index (χ0) is 65.2.